The fourth-order valence-corrected chi connectivity index (χ4v) is 3.96. The van der Waals surface area contributed by atoms with Crippen molar-refractivity contribution < 1.29 is 19.1 Å². The Morgan fingerprint density at radius 2 is 1.29 bits per heavy atom. The van der Waals surface area contributed by atoms with Gasteiger partial charge in [-0.1, -0.05) is 0 Å². The van der Waals surface area contributed by atoms with E-state index in [1.165, 1.54) is 11.4 Å². The molecule has 0 aromatic carbocycles. The van der Waals surface area contributed by atoms with Crippen LogP contribution in [0.5, 0.6) is 0 Å². The second kappa shape index (κ2) is 18.2. The lowest BCUT2D eigenvalue weighted by molar-refractivity contribution is -0.145. The first kappa shape index (κ1) is 31.0. The van der Waals surface area contributed by atoms with Crippen molar-refractivity contribution in [3.8, 4) is 0 Å². The third kappa shape index (κ3) is 12.5. The smallest absolute Gasteiger partial charge is 0.305 e. The van der Waals surface area contributed by atoms with Crippen molar-refractivity contribution in [1.82, 2.24) is 14.7 Å². The number of esters is 2. The second-order valence-corrected chi connectivity index (χ2v) is 9.27. The number of hydrogen-bond acceptors (Lipinski definition) is 10. The number of rotatable bonds is 22. The van der Waals surface area contributed by atoms with Crippen LogP contribution in [-0.4, -0.2) is 119 Å². The summed E-state index contributed by atoms with van der Waals surface area (Å²) in [7, 11) is 6.16. The molecule has 0 saturated carbocycles. The first-order valence-corrected chi connectivity index (χ1v) is 13.1. The number of ether oxygens (including phenoxy) is 2. The largest absolute Gasteiger partial charge is 0.464 e. The molecule has 0 saturated heterocycles. The normalized spacial score (nSPS) is 14.6. The van der Waals surface area contributed by atoms with Crippen molar-refractivity contribution in [2.75, 3.05) is 72.8 Å². The van der Waals surface area contributed by atoms with Crippen molar-refractivity contribution in [3.63, 3.8) is 0 Å². The van der Waals surface area contributed by atoms with Crippen LogP contribution in [-0.2, 0) is 19.1 Å². The molecule has 200 valence electrons. The van der Waals surface area contributed by atoms with E-state index in [1.807, 2.05) is 14.1 Å². The summed E-state index contributed by atoms with van der Waals surface area (Å²) in [5.41, 5.74) is 2.47. The van der Waals surface area contributed by atoms with Crippen LogP contribution in [0.1, 0.15) is 44.9 Å². The minimum absolute atomic E-state index is 0.157. The van der Waals surface area contributed by atoms with Gasteiger partial charge in [-0.3, -0.25) is 14.5 Å². The first-order valence-electron chi connectivity index (χ1n) is 12.5. The SMILES string of the molecule is C=NCCCCC(=O)OCCN(C)C1=C(N(C)CCCS)C1N(C)CCOC(=O)CCCCN=C. The van der Waals surface area contributed by atoms with Crippen LogP contribution in [0.15, 0.2) is 21.4 Å². The molecule has 0 spiro atoms. The van der Waals surface area contributed by atoms with Crippen molar-refractivity contribution in [2.45, 2.75) is 51.0 Å². The molecular formula is C25H45N5O4S. The molecule has 0 aromatic rings. The maximum Gasteiger partial charge on any atom is 0.305 e. The average Bonchev–Trinajstić information content (AvgIpc) is 3.59. The highest BCUT2D eigenvalue weighted by Gasteiger charge is 2.44. The van der Waals surface area contributed by atoms with E-state index in [1.54, 1.807) is 0 Å². The van der Waals surface area contributed by atoms with Crippen molar-refractivity contribution in [1.29, 1.82) is 0 Å². The molecule has 0 amide bonds. The second-order valence-electron chi connectivity index (χ2n) is 8.82. The van der Waals surface area contributed by atoms with Crippen LogP contribution in [0, 0.1) is 0 Å². The Morgan fingerprint density at radius 3 is 1.77 bits per heavy atom. The molecule has 1 unspecified atom stereocenters. The summed E-state index contributed by atoms with van der Waals surface area (Å²) in [5, 5.41) is 0. The molecular weight excluding hydrogens is 466 g/mol. The fraction of sp³-hybridized carbons (Fsp3) is 0.760. The van der Waals surface area contributed by atoms with Crippen LogP contribution in [0.2, 0.25) is 0 Å². The molecule has 10 heteroatoms. The van der Waals surface area contributed by atoms with E-state index >= 15 is 0 Å². The van der Waals surface area contributed by atoms with Gasteiger partial charge >= 0.3 is 11.9 Å². The molecule has 35 heavy (non-hydrogen) atoms. The van der Waals surface area contributed by atoms with Gasteiger partial charge in [0.1, 0.15) is 13.2 Å². The van der Waals surface area contributed by atoms with Crippen LogP contribution in [0.25, 0.3) is 0 Å². The number of thiol groups is 1. The molecule has 0 aromatic heterocycles. The van der Waals surface area contributed by atoms with Gasteiger partial charge in [0.15, 0.2) is 0 Å². The van der Waals surface area contributed by atoms with Gasteiger partial charge in [-0.25, -0.2) is 0 Å². The van der Waals surface area contributed by atoms with Gasteiger partial charge < -0.3 is 29.3 Å². The zero-order chi connectivity index (χ0) is 26.1. The topological polar surface area (TPSA) is 87.0 Å². The minimum atomic E-state index is -0.172. The third-order valence-corrected chi connectivity index (χ3v) is 6.22. The number of carbonyl (C=O) groups excluding carboxylic acids is 2. The first-order chi connectivity index (χ1) is 16.9. The van der Waals surface area contributed by atoms with Crippen LogP contribution >= 0.6 is 12.6 Å². The Bertz CT molecular complexity index is 703. The Hall–Kier alpha value is -2.07. The van der Waals surface area contributed by atoms with E-state index in [9.17, 15) is 9.59 Å². The van der Waals surface area contributed by atoms with Crippen LogP contribution < -0.4 is 0 Å². The highest BCUT2D eigenvalue weighted by atomic mass is 32.1. The van der Waals surface area contributed by atoms with Gasteiger partial charge in [0.2, 0.25) is 0 Å². The lowest BCUT2D eigenvalue weighted by Gasteiger charge is -2.23. The molecule has 0 radical (unpaired) electrons. The number of hydrogen-bond donors (Lipinski definition) is 1. The molecule has 1 aliphatic rings. The number of carbonyl (C=O) groups is 2. The number of aliphatic imine (C=N–C) groups is 2. The Labute approximate surface area is 217 Å². The van der Waals surface area contributed by atoms with Gasteiger partial charge in [0.05, 0.1) is 24.0 Å². The number of nitrogens with zero attached hydrogens (tertiary/aromatic N) is 5. The summed E-state index contributed by atoms with van der Waals surface area (Å²) >= 11 is 4.34. The van der Waals surface area contributed by atoms with E-state index < -0.39 is 0 Å². The Morgan fingerprint density at radius 1 is 0.800 bits per heavy atom. The molecule has 0 fully saturated rings. The molecule has 0 aliphatic heterocycles. The predicted molar refractivity (Wildman–Crippen MR) is 146 cm³/mol. The van der Waals surface area contributed by atoms with E-state index in [0.29, 0.717) is 52.2 Å². The van der Waals surface area contributed by atoms with Crippen molar-refractivity contribution >= 4 is 38.0 Å². The summed E-state index contributed by atoms with van der Waals surface area (Å²) in [6.45, 7) is 11.1. The summed E-state index contributed by atoms with van der Waals surface area (Å²) in [6.07, 6.45) is 5.06. The lowest BCUT2D eigenvalue weighted by Crippen LogP contribution is -2.33. The minimum Gasteiger partial charge on any atom is -0.464 e. The average molecular weight is 512 g/mol. The van der Waals surface area contributed by atoms with E-state index in [4.69, 9.17) is 9.47 Å². The van der Waals surface area contributed by atoms with Crippen LogP contribution in [0.4, 0.5) is 0 Å². The monoisotopic (exact) mass is 511 g/mol. The molecule has 1 rings (SSSR count). The lowest BCUT2D eigenvalue weighted by atomic mass is 10.2. The summed E-state index contributed by atoms with van der Waals surface area (Å²) in [5.74, 6) is 0.493. The molecule has 0 N–H and O–H groups in total. The molecule has 0 bridgehead atoms. The van der Waals surface area contributed by atoms with Gasteiger partial charge in [-0.2, -0.15) is 12.6 Å². The predicted octanol–water partition coefficient (Wildman–Crippen LogP) is 2.52. The Balaban J connectivity index is 2.50. The molecule has 1 aliphatic carbocycles. The maximum absolute atomic E-state index is 11.9. The van der Waals surface area contributed by atoms with Crippen LogP contribution in [0.3, 0.4) is 0 Å². The van der Waals surface area contributed by atoms with Gasteiger partial charge in [-0.05, 0) is 58.3 Å². The highest BCUT2D eigenvalue weighted by molar-refractivity contribution is 7.80. The standard InChI is InChI=1S/C25H45N5O4S/c1-26-13-8-6-11-21(31)33-18-16-29(4)24-23(28(3)15-10-20-35)25(24)30(5)17-19-34-22(32)12-7-9-14-27-2/h24,35H,1-2,6-20H2,3-5H3. The van der Waals surface area contributed by atoms with Gasteiger partial charge in [0.25, 0.3) is 0 Å². The summed E-state index contributed by atoms with van der Waals surface area (Å²) in [6, 6.07) is 0.157. The summed E-state index contributed by atoms with van der Waals surface area (Å²) in [4.78, 5) is 38.1. The van der Waals surface area contributed by atoms with Crippen molar-refractivity contribution in [2.24, 2.45) is 9.98 Å². The summed E-state index contributed by atoms with van der Waals surface area (Å²) < 4.78 is 10.8. The van der Waals surface area contributed by atoms with E-state index in [0.717, 1.165) is 44.4 Å². The highest BCUT2D eigenvalue weighted by Crippen LogP contribution is 2.39. The van der Waals surface area contributed by atoms with Gasteiger partial charge in [0, 0.05) is 53.1 Å². The fourth-order valence-electron chi connectivity index (χ4n) is 3.82. The number of likely N-dealkylation sites (N-methyl/N-ethyl adjacent to an activating group) is 3. The zero-order valence-corrected chi connectivity index (χ0v) is 22.8. The molecule has 0 heterocycles. The Kier molecular flexibility index (Phi) is 16.1. The van der Waals surface area contributed by atoms with E-state index in [2.05, 4.69) is 57.8 Å². The number of unbranched alkanes of at least 4 members (excludes halogenated alkanes) is 2. The third-order valence-electron chi connectivity index (χ3n) is 5.90. The van der Waals surface area contributed by atoms with Gasteiger partial charge in [-0.15, -0.1) is 0 Å². The zero-order valence-electron chi connectivity index (χ0n) is 21.9. The molecule has 1 atom stereocenters. The van der Waals surface area contributed by atoms with Crippen molar-refractivity contribution in [3.05, 3.63) is 11.4 Å². The molecule has 9 nitrogen and oxygen atoms in total. The quantitative estimate of drug-likeness (QED) is 0.103. The maximum atomic E-state index is 11.9. The van der Waals surface area contributed by atoms with E-state index in [-0.39, 0.29) is 18.0 Å².